The van der Waals surface area contributed by atoms with Crippen molar-refractivity contribution in [3.05, 3.63) is 35.5 Å². The molecule has 0 aliphatic heterocycles. The summed E-state index contributed by atoms with van der Waals surface area (Å²) in [4.78, 5) is 15.4. The van der Waals surface area contributed by atoms with Crippen LogP contribution in [0.2, 0.25) is 0 Å². The zero-order valence-corrected chi connectivity index (χ0v) is 13.4. The van der Waals surface area contributed by atoms with Gasteiger partial charge in [-0.25, -0.2) is 4.39 Å². The summed E-state index contributed by atoms with van der Waals surface area (Å²) < 4.78 is 55.8. The molecule has 1 atom stereocenters. The van der Waals surface area contributed by atoms with Gasteiger partial charge in [-0.15, -0.1) is 0 Å². The van der Waals surface area contributed by atoms with Crippen LogP contribution >= 0.6 is 0 Å². The summed E-state index contributed by atoms with van der Waals surface area (Å²) in [5.74, 6) is -3.76. The Hall–Kier alpha value is -2.96. The SMILES string of the molecule is CC(C#N)(NC(=O)c1ccc(-c2noc(C(F)(F)F)n2)cc1F)C1CC1. The summed E-state index contributed by atoms with van der Waals surface area (Å²) in [7, 11) is 0. The molecule has 0 saturated heterocycles. The molecule has 1 aromatic carbocycles. The number of hydrogen-bond donors (Lipinski definition) is 1. The van der Waals surface area contributed by atoms with Crippen molar-refractivity contribution in [2.75, 3.05) is 0 Å². The topological polar surface area (TPSA) is 91.8 Å². The lowest BCUT2D eigenvalue weighted by Crippen LogP contribution is -2.46. The van der Waals surface area contributed by atoms with E-state index in [0.29, 0.717) is 0 Å². The number of alkyl halides is 3. The van der Waals surface area contributed by atoms with Gasteiger partial charge in [0.2, 0.25) is 5.82 Å². The molecule has 2 aromatic rings. The van der Waals surface area contributed by atoms with Crippen LogP contribution in [0, 0.1) is 23.1 Å². The maximum atomic E-state index is 14.3. The lowest BCUT2D eigenvalue weighted by molar-refractivity contribution is -0.159. The van der Waals surface area contributed by atoms with Crippen LogP contribution in [0.15, 0.2) is 22.7 Å². The summed E-state index contributed by atoms with van der Waals surface area (Å²) in [5, 5.41) is 14.9. The minimum atomic E-state index is -4.81. The molecule has 0 bridgehead atoms. The molecule has 1 aliphatic rings. The van der Waals surface area contributed by atoms with Gasteiger partial charge in [0.1, 0.15) is 11.4 Å². The van der Waals surface area contributed by atoms with E-state index in [2.05, 4.69) is 20.0 Å². The summed E-state index contributed by atoms with van der Waals surface area (Å²) in [5.41, 5.74) is -1.52. The first kappa shape index (κ1) is 17.8. The fraction of sp³-hybridized carbons (Fsp3) is 0.375. The molecule has 1 N–H and O–H groups in total. The Kier molecular flexibility index (Phi) is 4.18. The number of nitrogens with zero attached hydrogens (tertiary/aromatic N) is 3. The van der Waals surface area contributed by atoms with E-state index >= 15 is 0 Å². The molecule has 1 aliphatic carbocycles. The van der Waals surface area contributed by atoms with Gasteiger partial charge < -0.3 is 9.84 Å². The van der Waals surface area contributed by atoms with Gasteiger partial charge in [-0.1, -0.05) is 11.2 Å². The smallest absolute Gasteiger partial charge is 0.334 e. The van der Waals surface area contributed by atoms with Crippen molar-refractivity contribution in [3.63, 3.8) is 0 Å². The first-order chi connectivity index (χ1) is 12.1. The average Bonchev–Trinajstić information content (AvgIpc) is 3.30. The minimum absolute atomic E-state index is 0.0129. The highest BCUT2D eigenvalue weighted by Gasteiger charge is 2.43. The van der Waals surface area contributed by atoms with Crippen LogP contribution in [-0.4, -0.2) is 21.6 Å². The number of hydrogen-bond acceptors (Lipinski definition) is 5. The quantitative estimate of drug-likeness (QED) is 0.836. The highest BCUT2D eigenvalue weighted by Crippen LogP contribution is 2.39. The lowest BCUT2D eigenvalue weighted by atomic mass is 9.97. The molecular weight excluding hydrogens is 356 g/mol. The molecule has 136 valence electrons. The number of aromatic nitrogens is 2. The van der Waals surface area contributed by atoms with E-state index in [-0.39, 0.29) is 17.0 Å². The molecule has 1 unspecified atom stereocenters. The van der Waals surface area contributed by atoms with E-state index in [0.717, 1.165) is 25.0 Å². The highest BCUT2D eigenvalue weighted by molar-refractivity contribution is 5.95. The maximum Gasteiger partial charge on any atom is 0.471 e. The van der Waals surface area contributed by atoms with E-state index in [1.807, 2.05) is 6.07 Å². The zero-order chi connectivity index (χ0) is 19.1. The summed E-state index contributed by atoms with van der Waals surface area (Å²) in [6.07, 6.45) is -3.22. The normalized spacial score (nSPS) is 16.6. The number of carbonyl (C=O) groups is 1. The van der Waals surface area contributed by atoms with Crippen molar-refractivity contribution in [1.29, 1.82) is 5.26 Å². The predicted molar refractivity (Wildman–Crippen MR) is 78.9 cm³/mol. The summed E-state index contributed by atoms with van der Waals surface area (Å²) >= 11 is 0. The van der Waals surface area contributed by atoms with Crippen LogP contribution in [0.4, 0.5) is 17.6 Å². The first-order valence-corrected chi connectivity index (χ1v) is 7.58. The van der Waals surface area contributed by atoms with E-state index in [1.54, 1.807) is 6.92 Å². The van der Waals surface area contributed by atoms with Crippen molar-refractivity contribution >= 4 is 5.91 Å². The number of rotatable bonds is 4. The number of nitriles is 1. The fourth-order valence-electron chi connectivity index (χ4n) is 2.48. The Balaban J connectivity index is 1.82. The van der Waals surface area contributed by atoms with Crippen LogP contribution in [0.1, 0.15) is 36.0 Å². The number of nitrogens with one attached hydrogen (secondary N) is 1. The minimum Gasteiger partial charge on any atom is -0.334 e. The van der Waals surface area contributed by atoms with Gasteiger partial charge in [0.05, 0.1) is 11.6 Å². The van der Waals surface area contributed by atoms with Crippen molar-refractivity contribution in [2.24, 2.45) is 5.92 Å². The Morgan fingerprint density at radius 2 is 2.08 bits per heavy atom. The Morgan fingerprint density at radius 1 is 1.38 bits per heavy atom. The van der Waals surface area contributed by atoms with Crippen LogP contribution in [-0.2, 0) is 6.18 Å². The van der Waals surface area contributed by atoms with Gasteiger partial charge in [0, 0.05) is 5.56 Å². The monoisotopic (exact) mass is 368 g/mol. The molecule has 1 fully saturated rings. The van der Waals surface area contributed by atoms with Crippen molar-refractivity contribution in [3.8, 4) is 17.5 Å². The van der Waals surface area contributed by atoms with E-state index in [4.69, 9.17) is 0 Å². The van der Waals surface area contributed by atoms with Crippen LogP contribution in [0.25, 0.3) is 11.4 Å². The third kappa shape index (κ3) is 3.37. The van der Waals surface area contributed by atoms with Crippen LogP contribution in [0.5, 0.6) is 0 Å². The standard InChI is InChI=1S/C16H12F4N4O2/c1-15(7-21,9-3-4-9)23-13(25)10-5-2-8(6-11(10)17)12-22-14(26-24-12)16(18,19)20/h2,5-6,9H,3-4H2,1H3,(H,23,25). The number of amides is 1. The van der Waals surface area contributed by atoms with Crippen molar-refractivity contribution in [1.82, 2.24) is 15.5 Å². The number of carbonyl (C=O) groups excluding carboxylic acids is 1. The Labute approximate surface area is 144 Å². The lowest BCUT2D eigenvalue weighted by Gasteiger charge is -2.23. The molecule has 1 heterocycles. The predicted octanol–water partition coefficient (Wildman–Crippen LogP) is 3.32. The fourth-order valence-corrected chi connectivity index (χ4v) is 2.48. The van der Waals surface area contributed by atoms with Crippen molar-refractivity contribution in [2.45, 2.75) is 31.5 Å². The highest BCUT2D eigenvalue weighted by atomic mass is 19.4. The zero-order valence-electron chi connectivity index (χ0n) is 13.4. The average molecular weight is 368 g/mol. The molecule has 3 rings (SSSR count). The number of benzene rings is 1. The largest absolute Gasteiger partial charge is 0.471 e. The molecule has 26 heavy (non-hydrogen) atoms. The van der Waals surface area contributed by atoms with Gasteiger partial charge in [0.15, 0.2) is 0 Å². The molecule has 0 spiro atoms. The van der Waals surface area contributed by atoms with Gasteiger partial charge in [-0.3, -0.25) is 4.79 Å². The van der Waals surface area contributed by atoms with Crippen LogP contribution < -0.4 is 5.32 Å². The summed E-state index contributed by atoms with van der Waals surface area (Å²) in [6, 6.07) is 5.15. The van der Waals surface area contributed by atoms with Gasteiger partial charge >= 0.3 is 12.1 Å². The van der Waals surface area contributed by atoms with Crippen molar-refractivity contribution < 1.29 is 26.9 Å². The second-order valence-corrected chi connectivity index (χ2v) is 6.16. The summed E-state index contributed by atoms with van der Waals surface area (Å²) in [6.45, 7) is 1.56. The van der Waals surface area contributed by atoms with E-state index < -0.39 is 35.2 Å². The first-order valence-electron chi connectivity index (χ1n) is 7.58. The van der Waals surface area contributed by atoms with Gasteiger partial charge in [-0.2, -0.15) is 23.4 Å². The van der Waals surface area contributed by atoms with E-state index in [1.165, 1.54) is 6.07 Å². The van der Waals surface area contributed by atoms with Crippen LogP contribution in [0.3, 0.4) is 0 Å². The molecule has 0 radical (unpaired) electrons. The van der Waals surface area contributed by atoms with Gasteiger partial charge in [-0.05, 0) is 37.8 Å². The third-order valence-electron chi connectivity index (χ3n) is 4.14. The van der Waals surface area contributed by atoms with E-state index in [9.17, 15) is 27.6 Å². The molecule has 1 amide bonds. The molecule has 10 heteroatoms. The second-order valence-electron chi connectivity index (χ2n) is 6.16. The molecule has 6 nitrogen and oxygen atoms in total. The molecule has 1 aromatic heterocycles. The number of halogens is 4. The Morgan fingerprint density at radius 3 is 2.58 bits per heavy atom. The van der Waals surface area contributed by atoms with Gasteiger partial charge in [0.25, 0.3) is 5.91 Å². The molecular formula is C16H12F4N4O2. The third-order valence-corrected chi connectivity index (χ3v) is 4.14. The second kappa shape index (κ2) is 6.09. The maximum absolute atomic E-state index is 14.3. The molecule has 1 saturated carbocycles. The Bertz CT molecular complexity index is 898.